The van der Waals surface area contributed by atoms with E-state index < -0.39 is 5.41 Å². The predicted molar refractivity (Wildman–Crippen MR) is 85.7 cm³/mol. The van der Waals surface area contributed by atoms with E-state index in [1.165, 1.54) is 0 Å². The fraction of sp³-hybridized carbons (Fsp3) is 0.882. The predicted octanol–water partition coefficient (Wildman–Crippen LogP) is 1.71. The summed E-state index contributed by atoms with van der Waals surface area (Å²) < 4.78 is 5.31. The molecule has 2 aliphatic rings. The summed E-state index contributed by atoms with van der Waals surface area (Å²) >= 11 is 0. The number of piperidine rings is 2. The Hall–Kier alpha value is -0.940. The summed E-state index contributed by atoms with van der Waals surface area (Å²) in [4.78, 5) is 29.0. The second kappa shape index (κ2) is 7.55. The van der Waals surface area contributed by atoms with Gasteiger partial charge in [-0.1, -0.05) is 0 Å². The first-order valence-corrected chi connectivity index (χ1v) is 8.56. The highest BCUT2D eigenvalue weighted by molar-refractivity contribution is 5.86. The fourth-order valence-electron chi connectivity index (χ4n) is 3.98. The molecule has 0 bridgehead atoms. The van der Waals surface area contributed by atoms with Crippen LogP contribution >= 0.6 is 0 Å². The molecule has 5 heteroatoms. The molecular weight excluding hydrogens is 280 g/mol. The lowest BCUT2D eigenvalue weighted by Crippen LogP contribution is -2.54. The number of carbonyl (C=O) groups is 2. The third-order valence-electron chi connectivity index (χ3n) is 5.11. The first-order chi connectivity index (χ1) is 10.5. The number of ketones is 1. The van der Waals surface area contributed by atoms with Crippen LogP contribution in [0.3, 0.4) is 0 Å². The zero-order valence-corrected chi connectivity index (χ0v) is 14.3. The molecular formula is C17H30N2O3. The lowest BCUT2D eigenvalue weighted by Gasteiger charge is -2.45. The molecule has 2 heterocycles. The highest BCUT2D eigenvalue weighted by atomic mass is 16.5. The number of carbonyl (C=O) groups excluding carboxylic acids is 2. The summed E-state index contributed by atoms with van der Waals surface area (Å²) in [6, 6.07) is 0.539. The largest absolute Gasteiger partial charge is 0.466 e. The van der Waals surface area contributed by atoms with Gasteiger partial charge in [0, 0.05) is 19.0 Å². The Kier molecular flexibility index (Phi) is 5.98. The van der Waals surface area contributed by atoms with Crippen molar-refractivity contribution >= 4 is 11.8 Å². The van der Waals surface area contributed by atoms with Gasteiger partial charge in [-0.05, 0) is 66.2 Å². The first kappa shape index (κ1) is 17.4. The molecule has 0 spiro atoms. The molecule has 2 rings (SSSR count). The molecule has 2 saturated heterocycles. The van der Waals surface area contributed by atoms with Crippen LogP contribution in [0, 0.1) is 5.41 Å². The molecule has 0 aromatic heterocycles. The van der Waals surface area contributed by atoms with E-state index in [-0.39, 0.29) is 11.8 Å². The summed E-state index contributed by atoms with van der Waals surface area (Å²) in [7, 11) is 2.16. The molecule has 0 aromatic carbocycles. The second-order valence-corrected chi connectivity index (χ2v) is 6.99. The summed E-state index contributed by atoms with van der Waals surface area (Å²) in [6.07, 6.45) is 4.35. The number of nitrogens with zero attached hydrogens (tertiary/aromatic N) is 2. The van der Waals surface area contributed by atoms with Crippen LogP contribution < -0.4 is 0 Å². The fourth-order valence-corrected chi connectivity index (χ4v) is 3.98. The quantitative estimate of drug-likeness (QED) is 0.724. The number of hydrogen-bond donors (Lipinski definition) is 0. The van der Waals surface area contributed by atoms with E-state index in [1.807, 2.05) is 6.92 Å². The molecule has 0 N–H and O–H groups in total. The van der Waals surface area contributed by atoms with Crippen LogP contribution in [0.4, 0.5) is 0 Å². The minimum Gasteiger partial charge on any atom is -0.466 e. The van der Waals surface area contributed by atoms with E-state index in [0.717, 1.165) is 45.3 Å². The Labute approximate surface area is 134 Å². The third kappa shape index (κ3) is 4.07. The van der Waals surface area contributed by atoms with Crippen LogP contribution in [0.15, 0.2) is 0 Å². The molecule has 0 aromatic rings. The van der Waals surface area contributed by atoms with Crippen molar-refractivity contribution in [3.63, 3.8) is 0 Å². The summed E-state index contributed by atoms with van der Waals surface area (Å²) in [5.74, 6) is -0.0962. The standard InChI is InChI=1S/C17H30N2O3/c1-4-22-16(21)17(12-14(2)20)8-5-9-19(13-17)15-6-10-18(3)11-7-15/h15H,4-13H2,1-3H3. The zero-order valence-electron chi connectivity index (χ0n) is 14.3. The molecule has 0 aliphatic carbocycles. The summed E-state index contributed by atoms with van der Waals surface area (Å²) in [5.41, 5.74) is -0.622. The normalized spacial score (nSPS) is 28.5. The van der Waals surface area contributed by atoms with E-state index in [9.17, 15) is 9.59 Å². The third-order valence-corrected chi connectivity index (χ3v) is 5.11. The number of rotatable bonds is 5. The molecule has 2 fully saturated rings. The zero-order chi connectivity index (χ0) is 16.2. The second-order valence-electron chi connectivity index (χ2n) is 6.99. The number of likely N-dealkylation sites (tertiary alicyclic amines) is 2. The van der Waals surface area contributed by atoms with Crippen molar-refractivity contribution in [3.05, 3.63) is 0 Å². The average molecular weight is 310 g/mol. The smallest absolute Gasteiger partial charge is 0.313 e. The van der Waals surface area contributed by atoms with Crippen LogP contribution in [0.5, 0.6) is 0 Å². The first-order valence-electron chi connectivity index (χ1n) is 8.56. The van der Waals surface area contributed by atoms with Gasteiger partial charge in [0.15, 0.2) is 0 Å². The van der Waals surface area contributed by atoms with Gasteiger partial charge in [0.05, 0.1) is 12.0 Å². The maximum absolute atomic E-state index is 12.5. The van der Waals surface area contributed by atoms with Gasteiger partial charge < -0.3 is 9.64 Å². The van der Waals surface area contributed by atoms with Gasteiger partial charge in [-0.15, -0.1) is 0 Å². The molecule has 22 heavy (non-hydrogen) atoms. The number of esters is 1. The van der Waals surface area contributed by atoms with Crippen molar-refractivity contribution in [2.75, 3.05) is 39.8 Å². The number of hydrogen-bond acceptors (Lipinski definition) is 5. The van der Waals surface area contributed by atoms with E-state index in [0.29, 0.717) is 25.6 Å². The van der Waals surface area contributed by atoms with Crippen molar-refractivity contribution in [2.45, 2.75) is 52.0 Å². The van der Waals surface area contributed by atoms with Crippen LogP contribution in [-0.4, -0.2) is 67.4 Å². The molecule has 0 amide bonds. The highest BCUT2D eigenvalue weighted by Gasteiger charge is 2.45. The molecule has 1 unspecified atom stereocenters. The van der Waals surface area contributed by atoms with Crippen molar-refractivity contribution in [3.8, 4) is 0 Å². The highest BCUT2D eigenvalue weighted by Crippen LogP contribution is 2.37. The molecule has 5 nitrogen and oxygen atoms in total. The van der Waals surface area contributed by atoms with Gasteiger partial charge in [0.2, 0.25) is 0 Å². The topological polar surface area (TPSA) is 49.9 Å². The van der Waals surface area contributed by atoms with Crippen molar-refractivity contribution < 1.29 is 14.3 Å². The molecule has 0 saturated carbocycles. The van der Waals surface area contributed by atoms with Gasteiger partial charge in [0.1, 0.15) is 5.78 Å². The lowest BCUT2D eigenvalue weighted by atomic mass is 9.75. The number of ether oxygens (including phenoxy) is 1. The van der Waals surface area contributed by atoms with E-state index >= 15 is 0 Å². The van der Waals surface area contributed by atoms with E-state index in [2.05, 4.69) is 16.8 Å². The molecule has 1 atom stereocenters. The van der Waals surface area contributed by atoms with Crippen molar-refractivity contribution in [2.24, 2.45) is 5.41 Å². The van der Waals surface area contributed by atoms with E-state index in [4.69, 9.17) is 4.74 Å². The molecule has 2 aliphatic heterocycles. The average Bonchev–Trinajstić information content (AvgIpc) is 2.47. The Bertz CT molecular complexity index is 405. The number of Topliss-reactive ketones (excluding diaryl/α,β-unsaturated/α-hetero) is 1. The molecule has 126 valence electrons. The Morgan fingerprint density at radius 3 is 2.50 bits per heavy atom. The maximum atomic E-state index is 12.5. The van der Waals surface area contributed by atoms with Gasteiger partial charge in [-0.2, -0.15) is 0 Å². The van der Waals surface area contributed by atoms with Crippen LogP contribution in [0.25, 0.3) is 0 Å². The van der Waals surface area contributed by atoms with Gasteiger partial charge >= 0.3 is 5.97 Å². The van der Waals surface area contributed by atoms with Crippen LogP contribution in [0.1, 0.15) is 46.0 Å². The van der Waals surface area contributed by atoms with Gasteiger partial charge in [-0.3, -0.25) is 14.5 Å². The molecule has 0 radical (unpaired) electrons. The lowest BCUT2D eigenvalue weighted by molar-refractivity contribution is -0.162. The summed E-state index contributed by atoms with van der Waals surface area (Å²) in [6.45, 7) is 7.73. The van der Waals surface area contributed by atoms with Gasteiger partial charge in [0.25, 0.3) is 0 Å². The van der Waals surface area contributed by atoms with Crippen molar-refractivity contribution in [1.29, 1.82) is 0 Å². The minimum atomic E-state index is -0.622. The Morgan fingerprint density at radius 1 is 1.23 bits per heavy atom. The van der Waals surface area contributed by atoms with Crippen molar-refractivity contribution in [1.82, 2.24) is 9.80 Å². The minimum absolute atomic E-state index is 0.0817. The maximum Gasteiger partial charge on any atom is 0.313 e. The Morgan fingerprint density at radius 2 is 1.91 bits per heavy atom. The van der Waals surface area contributed by atoms with Crippen LogP contribution in [-0.2, 0) is 14.3 Å². The van der Waals surface area contributed by atoms with Crippen LogP contribution in [0.2, 0.25) is 0 Å². The SMILES string of the molecule is CCOC(=O)C1(CC(C)=O)CCCN(C2CCN(C)CC2)C1. The Balaban J connectivity index is 2.09. The van der Waals surface area contributed by atoms with E-state index in [1.54, 1.807) is 6.92 Å². The summed E-state index contributed by atoms with van der Waals surface area (Å²) in [5, 5.41) is 0. The monoisotopic (exact) mass is 310 g/mol. The van der Waals surface area contributed by atoms with Gasteiger partial charge in [-0.25, -0.2) is 0 Å².